The van der Waals surface area contributed by atoms with Gasteiger partial charge >= 0.3 is 0 Å². The Morgan fingerprint density at radius 3 is 2.93 bits per heavy atom. The Kier molecular flexibility index (Phi) is 3.96. The molecule has 1 fully saturated rings. The van der Waals surface area contributed by atoms with Gasteiger partial charge in [0.25, 0.3) is 0 Å². The summed E-state index contributed by atoms with van der Waals surface area (Å²) >= 11 is 1.72. The predicted octanol–water partition coefficient (Wildman–Crippen LogP) is 1.26. The molecule has 5 nitrogen and oxygen atoms in total. The van der Waals surface area contributed by atoms with Crippen molar-refractivity contribution in [3.63, 3.8) is 0 Å². The van der Waals surface area contributed by atoms with E-state index < -0.39 is 0 Å². The molecule has 0 spiro atoms. The summed E-state index contributed by atoms with van der Waals surface area (Å²) in [7, 11) is 0. The lowest BCUT2D eigenvalue weighted by Gasteiger charge is -2.01. The highest BCUT2D eigenvalue weighted by Gasteiger charge is 2.27. The van der Waals surface area contributed by atoms with Gasteiger partial charge in [0.2, 0.25) is 5.16 Å². The molecule has 1 saturated carbocycles. The van der Waals surface area contributed by atoms with Crippen LogP contribution in [0.3, 0.4) is 0 Å². The van der Waals surface area contributed by atoms with Crippen molar-refractivity contribution < 1.29 is 5.11 Å². The molecule has 1 aliphatic rings. The third-order valence-electron chi connectivity index (χ3n) is 2.39. The van der Waals surface area contributed by atoms with Crippen molar-refractivity contribution in [1.29, 1.82) is 0 Å². The van der Waals surface area contributed by atoms with Gasteiger partial charge in [0.15, 0.2) is 0 Å². The summed E-state index contributed by atoms with van der Waals surface area (Å²) in [6.45, 7) is 0.296. The summed E-state index contributed by atoms with van der Waals surface area (Å²) < 4.78 is 1.94. The zero-order chi connectivity index (χ0) is 10.5. The Bertz CT molecular complexity index is 300. The molecule has 84 valence electrons. The molecule has 2 rings (SSSR count). The number of rotatable bonds is 7. The van der Waals surface area contributed by atoms with Crippen LogP contribution in [0.1, 0.15) is 38.1 Å². The molecule has 1 heterocycles. The van der Waals surface area contributed by atoms with Gasteiger partial charge in [0.05, 0.1) is 6.04 Å². The van der Waals surface area contributed by atoms with Crippen LogP contribution in [0.4, 0.5) is 0 Å². The smallest absolute Gasteiger partial charge is 0.209 e. The van der Waals surface area contributed by atoms with Crippen LogP contribution in [0, 0.1) is 0 Å². The van der Waals surface area contributed by atoms with Crippen LogP contribution in [-0.2, 0) is 0 Å². The van der Waals surface area contributed by atoms with E-state index in [2.05, 4.69) is 15.5 Å². The van der Waals surface area contributed by atoms with Crippen molar-refractivity contribution in [3.8, 4) is 0 Å². The number of tetrazole rings is 1. The Morgan fingerprint density at radius 1 is 1.33 bits per heavy atom. The summed E-state index contributed by atoms with van der Waals surface area (Å²) in [5.74, 6) is 1.03. The SMILES string of the molecule is OCCCCCSc1nnnn1C1CC1. The third kappa shape index (κ3) is 3.17. The Hall–Kier alpha value is -0.620. The van der Waals surface area contributed by atoms with Gasteiger partial charge < -0.3 is 5.11 Å². The first kappa shape index (κ1) is 10.9. The fourth-order valence-corrected chi connectivity index (χ4v) is 2.33. The van der Waals surface area contributed by atoms with Crippen molar-refractivity contribution >= 4 is 11.8 Å². The number of aromatic nitrogens is 4. The molecule has 1 aliphatic carbocycles. The molecule has 0 unspecified atom stereocenters. The lowest BCUT2D eigenvalue weighted by molar-refractivity contribution is 0.284. The maximum absolute atomic E-state index is 8.63. The second kappa shape index (κ2) is 5.46. The highest BCUT2D eigenvalue weighted by Crippen LogP contribution is 2.36. The van der Waals surface area contributed by atoms with Gasteiger partial charge in [-0.25, -0.2) is 4.68 Å². The van der Waals surface area contributed by atoms with Gasteiger partial charge in [0, 0.05) is 12.4 Å². The highest BCUT2D eigenvalue weighted by molar-refractivity contribution is 7.99. The summed E-state index contributed by atoms with van der Waals surface area (Å²) in [6, 6.07) is 0.556. The number of nitrogens with zero attached hydrogens (tertiary/aromatic N) is 4. The molecule has 0 aliphatic heterocycles. The Morgan fingerprint density at radius 2 is 2.20 bits per heavy atom. The minimum atomic E-state index is 0.296. The van der Waals surface area contributed by atoms with E-state index in [9.17, 15) is 0 Å². The number of hydrogen-bond acceptors (Lipinski definition) is 5. The lowest BCUT2D eigenvalue weighted by Crippen LogP contribution is -1.99. The van der Waals surface area contributed by atoms with Crippen molar-refractivity contribution in [1.82, 2.24) is 20.2 Å². The van der Waals surface area contributed by atoms with Crippen LogP contribution in [0.5, 0.6) is 0 Å². The average Bonchev–Trinajstić information content (AvgIpc) is 2.99. The molecule has 0 radical (unpaired) electrons. The molecule has 0 amide bonds. The molecule has 1 aromatic heterocycles. The van der Waals surface area contributed by atoms with Gasteiger partial charge in [0.1, 0.15) is 0 Å². The second-order valence-electron chi connectivity index (χ2n) is 3.77. The maximum atomic E-state index is 8.63. The minimum absolute atomic E-state index is 0.296. The van der Waals surface area contributed by atoms with E-state index in [4.69, 9.17) is 5.11 Å². The normalized spacial score (nSPS) is 15.8. The molecule has 15 heavy (non-hydrogen) atoms. The van der Waals surface area contributed by atoms with Gasteiger partial charge in [-0.05, 0) is 36.1 Å². The maximum Gasteiger partial charge on any atom is 0.209 e. The number of unbranched alkanes of at least 4 members (excludes halogenated alkanes) is 2. The highest BCUT2D eigenvalue weighted by atomic mass is 32.2. The first-order chi connectivity index (χ1) is 7.42. The van der Waals surface area contributed by atoms with E-state index in [0.29, 0.717) is 12.6 Å². The van der Waals surface area contributed by atoms with Crippen molar-refractivity contribution in [2.75, 3.05) is 12.4 Å². The Labute approximate surface area is 93.2 Å². The van der Waals surface area contributed by atoms with Gasteiger partial charge in [-0.2, -0.15) is 0 Å². The standard InChI is InChI=1S/C9H16N4OS/c14-6-2-1-3-7-15-9-10-11-12-13(9)8-4-5-8/h8,14H,1-7H2. The van der Waals surface area contributed by atoms with E-state index >= 15 is 0 Å². The lowest BCUT2D eigenvalue weighted by atomic mass is 10.3. The molecular formula is C9H16N4OS. The molecule has 1 aromatic rings. The van der Waals surface area contributed by atoms with Crippen LogP contribution < -0.4 is 0 Å². The second-order valence-corrected chi connectivity index (χ2v) is 4.83. The fraction of sp³-hybridized carbons (Fsp3) is 0.889. The third-order valence-corrected chi connectivity index (χ3v) is 3.41. The number of aliphatic hydroxyl groups excluding tert-OH is 1. The van der Waals surface area contributed by atoms with Gasteiger partial charge in [-0.3, -0.25) is 0 Å². The Balaban J connectivity index is 1.70. The number of aliphatic hydroxyl groups is 1. The first-order valence-corrected chi connectivity index (χ1v) is 6.42. The predicted molar refractivity (Wildman–Crippen MR) is 57.7 cm³/mol. The molecule has 0 saturated heterocycles. The summed E-state index contributed by atoms with van der Waals surface area (Å²) in [6.07, 6.45) is 5.51. The van der Waals surface area contributed by atoms with Crippen molar-refractivity contribution in [3.05, 3.63) is 0 Å². The van der Waals surface area contributed by atoms with E-state index in [0.717, 1.165) is 30.2 Å². The number of thioether (sulfide) groups is 1. The van der Waals surface area contributed by atoms with E-state index in [1.807, 2.05) is 4.68 Å². The van der Waals surface area contributed by atoms with Crippen LogP contribution in [0.15, 0.2) is 5.16 Å². The van der Waals surface area contributed by atoms with E-state index in [-0.39, 0.29) is 0 Å². The van der Waals surface area contributed by atoms with E-state index in [1.54, 1.807) is 11.8 Å². The minimum Gasteiger partial charge on any atom is -0.396 e. The molecule has 0 aromatic carbocycles. The quantitative estimate of drug-likeness (QED) is 0.562. The first-order valence-electron chi connectivity index (χ1n) is 5.43. The van der Waals surface area contributed by atoms with Crippen molar-refractivity contribution in [2.45, 2.75) is 43.3 Å². The van der Waals surface area contributed by atoms with Crippen LogP contribution in [-0.4, -0.2) is 37.7 Å². The van der Waals surface area contributed by atoms with Crippen molar-refractivity contribution in [2.24, 2.45) is 0 Å². The fourth-order valence-electron chi connectivity index (χ4n) is 1.38. The summed E-state index contributed by atoms with van der Waals surface area (Å²) in [5.41, 5.74) is 0. The molecule has 0 bridgehead atoms. The largest absolute Gasteiger partial charge is 0.396 e. The van der Waals surface area contributed by atoms with Crippen LogP contribution >= 0.6 is 11.8 Å². The molecule has 1 N–H and O–H groups in total. The molecular weight excluding hydrogens is 212 g/mol. The summed E-state index contributed by atoms with van der Waals surface area (Å²) in [5, 5.41) is 21.3. The summed E-state index contributed by atoms with van der Waals surface area (Å²) in [4.78, 5) is 0. The topological polar surface area (TPSA) is 63.8 Å². The van der Waals surface area contributed by atoms with Gasteiger partial charge in [-0.1, -0.05) is 18.2 Å². The zero-order valence-electron chi connectivity index (χ0n) is 8.67. The zero-order valence-corrected chi connectivity index (χ0v) is 9.49. The monoisotopic (exact) mass is 228 g/mol. The van der Waals surface area contributed by atoms with Crippen LogP contribution in [0.2, 0.25) is 0 Å². The molecule has 6 heteroatoms. The van der Waals surface area contributed by atoms with Gasteiger partial charge in [-0.15, -0.1) is 5.10 Å². The average molecular weight is 228 g/mol. The van der Waals surface area contributed by atoms with E-state index in [1.165, 1.54) is 12.8 Å². The number of hydrogen-bond donors (Lipinski definition) is 1. The van der Waals surface area contributed by atoms with Crippen LogP contribution in [0.25, 0.3) is 0 Å². The molecule has 0 atom stereocenters.